The van der Waals surface area contributed by atoms with Crippen LogP contribution in [-0.4, -0.2) is 16.7 Å². The maximum absolute atomic E-state index is 13.2. The van der Waals surface area contributed by atoms with Crippen LogP contribution in [0.1, 0.15) is 29.7 Å². The average Bonchev–Trinajstić information content (AvgIpc) is 2.74. The Bertz CT molecular complexity index is 944. The van der Waals surface area contributed by atoms with Crippen LogP contribution < -0.4 is 5.32 Å². The van der Waals surface area contributed by atoms with Gasteiger partial charge in [-0.1, -0.05) is 84.4 Å². The van der Waals surface area contributed by atoms with Crippen molar-refractivity contribution in [1.29, 1.82) is 0 Å². The van der Waals surface area contributed by atoms with Crippen molar-refractivity contribution in [2.45, 2.75) is 26.1 Å². The zero-order chi connectivity index (χ0) is 20.6. The van der Waals surface area contributed by atoms with Crippen LogP contribution in [0.5, 0.6) is 0 Å². The third-order valence-electron chi connectivity index (χ3n) is 4.66. The number of nitrogens with zero attached hydrogens (tertiary/aromatic N) is 1. The van der Waals surface area contributed by atoms with E-state index >= 15 is 0 Å². The van der Waals surface area contributed by atoms with Gasteiger partial charge >= 0.3 is 0 Å². The zero-order valence-electron chi connectivity index (χ0n) is 16.2. The number of hydrogen-bond donors (Lipinski definition) is 1. The molecule has 1 atom stereocenters. The van der Waals surface area contributed by atoms with Crippen molar-refractivity contribution in [2.75, 3.05) is 0 Å². The zero-order valence-corrected chi connectivity index (χ0v) is 17.0. The van der Waals surface area contributed by atoms with Crippen molar-refractivity contribution >= 4 is 23.4 Å². The third-order valence-corrected chi connectivity index (χ3v) is 4.91. The molecule has 0 unspecified atom stereocenters. The molecular formula is C24H23ClN2O2. The monoisotopic (exact) mass is 406 g/mol. The highest BCUT2D eigenvalue weighted by Crippen LogP contribution is 2.24. The number of carbonyl (C=O) groups is 2. The van der Waals surface area contributed by atoms with Gasteiger partial charge in [-0.15, -0.1) is 0 Å². The van der Waals surface area contributed by atoms with Crippen molar-refractivity contribution in [3.63, 3.8) is 0 Å². The van der Waals surface area contributed by atoms with Crippen LogP contribution in [0.25, 0.3) is 0 Å². The second kappa shape index (κ2) is 9.89. The molecule has 0 saturated carbocycles. The average molecular weight is 407 g/mol. The van der Waals surface area contributed by atoms with E-state index in [1.54, 1.807) is 17.0 Å². The lowest BCUT2D eigenvalue weighted by atomic mass is 10.0. The van der Waals surface area contributed by atoms with Gasteiger partial charge in [-0.3, -0.25) is 9.59 Å². The lowest BCUT2D eigenvalue weighted by molar-refractivity contribution is -0.140. The summed E-state index contributed by atoms with van der Waals surface area (Å²) in [5.74, 6) is -0.387. The molecule has 3 aromatic rings. The third kappa shape index (κ3) is 5.69. The molecule has 0 radical (unpaired) electrons. The highest BCUT2D eigenvalue weighted by atomic mass is 35.5. The minimum atomic E-state index is -0.721. The summed E-state index contributed by atoms with van der Waals surface area (Å²) in [6.45, 7) is 2.20. The predicted molar refractivity (Wildman–Crippen MR) is 115 cm³/mol. The molecule has 0 spiro atoms. The molecule has 3 rings (SSSR count). The summed E-state index contributed by atoms with van der Waals surface area (Å²) >= 11 is 5.93. The number of rotatable bonds is 7. The molecule has 2 amide bonds. The minimum Gasteiger partial charge on any atom is -0.350 e. The van der Waals surface area contributed by atoms with Gasteiger partial charge in [0.05, 0.1) is 0 Å². The Balaban J connectivity index is 1.85. The molecule has 0 fully saturated rings. The van der Waals surface area contributed by atoms with Crippen LogP contribution in [0.15, 0.2) is 84.9 Å². The molecule has 1 N–H and O–H groups in total. The highest BCUT2D eigenvalue weighted by molar-refractivity contribution is 6.30. The van der Waals surface area contributed by atoms with E-state index in [4.69, 9.17) is 11.6 Å². The van der Waals surface area contributed by atoms with Gasteiger partial charge in [-0.05, 0) is 28.8 Å². The maximum atomic E-state index is 13.2. The van der Waals surface area contributed by atoms with E-state index < -0.39 is 6.04 Å². The van der Waals surface area contributed by atoms with Crippen molar-refractivity contribution in [1.82, 2.24) is 10.2 Å². The summed E-state index contributed by atoms with van der Waals surface area (Å²) in [7, 11) is 0. The van der Waals surface area contributed by atoms with Gasteiger partial charge in [-0.25, -0.2) is 0 Å². The number of nitrogens with one attached hydrogen (secondary N) is 1. The molecule has 3 aromatic carbocycles. The lowest BCUT2D eigenvalue weighted by Crippen LogP contribution is -2.42. The Hall–Kier alpha value is -3.11. The molecule has 4 nitrogen and oxygen atoms in total. The largest absolute Gasteiger partial charge is 0.350 e. The van der Waals surface area contributed by atoms with E-state index in [2.05, 4.69) is 5.32 Å². The first-order valence-electron chi connectivity index (χ1n) is 9.43. The van der Waals surface area contributed by atoms with Gasteiger partial charge in [0.1, 0.15) is 6.04 Å². The van der Waals surface area contributed by atoms with E-state index in [1.807, 2.05) is 72.8 Å². The van der Waals surface area contributed by atoms with Crippen LogP contribution in [0.4, 0.5) is 0 Å². The number of halogens is 1. The molecule has 0 aliphatic heterocycles. The fraction of sp³-hybridized carbons (Fsp3) is 0.167. The quantitative estimate of drug-likeness (QED) is 0.615. The van der Waals surface area contributed by atoms with E-state index in [-0.39, 0.29) is 11.8 Å². The summed E-state index contributed by atoms with van der Waals surface area (Å²) in [5.41, 5.74) is 2.67. The fourth-order valence-corrected chi connectivity index (χ4v) is 3.29. The number of carbonyl (C=O) groups excluding carboxylic acids is 2. The van der Waals surface area contributed by atoms with Crippen LogP contribution in [0.3, 0.4) is 0 Å². The molecule has 148 valence electrons. The second-order valence-corrected chi connectivity index (χ2v) is 7.23. The Morgan fingerprint density at radius 1 is 0.862 bits per heavy atom. The van der Waals surface area contributed by atoms with Gasteiger partial charge in [0, 0.05) is 25.0 Å². The van der Waals surface area contributed by atoms with Crippen LogP contribution in [0, 0.1) is 0 Å². The molecule has 0 aliphatic rings. The number of amides is 2. The SMILES string of the molecule is CC(=O)N(Cc1ccccc1)[C@@H](C(=O)NCc1ccc(Cl)cc1)c1ccccc1. The van der Waals surface area contributed by atoms with E-state index in [0.717, 1.165) is 16.7 Å². The molecule has 0 aliphatic carbocycles. The minimum absolute atomic E-state index is 0.163. The maximum Gasteiger partial charge on any atom is 0.247 e. The molecule has 0 heterocycles. The highest BCUT2D eigenvalue weighted by Gasteiger charge is 2.29. The summed E-state index contributed by atoms with van der Waals surface area (Å²) in [5, 5.41) is 3.61. The van der Waals surface area contributed by atoms with Crippen molar-refractivity contribution in [3.05, 3.63) is 107 Å². The standard InChI is InChI=1S/C24H23ClN2O2/c1-18(28)27(17-20-8-4-2-5-9-20)23(21-10-6-3-7-11-21)24(29)26-16-19-12-14-22(25)15-13-19/h2-15,23H,16-17H2,1H3,(H,26,29)/t23-/m1/s1. The molecule has 0 saturated heterocycles. The molecular weight excluding hydrogens is 384 g/mol. The van der Waals surface area contributed by atoms with Crippen LogP contribution >= 0.6 is 11.6 Å². The van der Waals surface area contributed by atoms with Crippen LogP contribution in [0.2, 0.25) is 5.02 Å². The van der Waals surface area contributed by atoms with Crippen molar-refractivity contribution < 1.29 is 9.59 Å². The van der Waals surface area contributed by atoms with Crippen molar-refractivity contribution in [3.8, 4) is 0 Å². The van der Waals surface area contributed by atoms with E-state index in [9.17, 15) is 9.59 Å². The van der Waals surface area contributed by atoms with Gasteiger partial charge in [0.2, 0.25) is 11.8 Å². The molecule has 0 bridgehead atoms. The van der Waals surface area contributed by atoms with Crippen LogP contribution in [-0.2, 0) is 22.7 Å². The first-order valence-corrected chi connectivity index (χ1v) is 9.80. The second-order valence-electron chi connectivity index (χ2n) is 6.79. The smallest absolute Gasteiger partial charge is 0.247 e. The summed E-state index contributed by atoms with van der Waals surface area (Å²) in [6, 6.07) is 25.6. The molecule has 5 heteroatoms. The van der Waals surface area contributed by atoms with Crippen molar-refractivity contribution in [2.24, 2.45) is 0 Å². The first-order chi connectivity index (χ1) is 14.0. The first kappa shape index (κ1) is 20.6. The van der Waals surface area contributed by atoms with Gasteiger partial charge < -0.3 is 10.2 Å². The summed E-state index contributed by atoms with van der Waals surface area (Å²) in [6.07, 6.45) is 0. The summed E-state index contributed by atoms with van der Waals surface area (Å²) in [4.78, 5) is 27.3. The van der Waals surface area contributed by atoms with Gasteiger partial charge in [0.15, 0.2) is 0 Å². The lowest BCUT2D eigenvalue weighted by Gasteiger charge is -2.30. The Labute approximate surface area is 176 Å². The Morgan fingerprint density at radius 3 is 2.03 bits per heavy atom. The molecule has 29 heavy (non-hydrogen) atoms. The number of hydrogen-bond acceptors (Lipinski definition) is 2. The summed E-state index contributed by atoms with van der Waals surface area (Å²) < 4.78 is 0. The Morgan fingerprint density at radius 2 is 1.45 bits per heavy atom. The van der Waals surface area contributed by atoms with Gasteiger partial charge in [0.25, 0.3) is 0 Å². The Kier molecular flexibility index (Phi) is 7.04. The number of benzene rings is 3. The van der Waals surface area contributed by atoms with Gasteiger partial charge in [-0.2, -0.15) is 0 Å². The fourth-order valence-electron chi connectivity index (χ4n) is 3.16. The topological polar surface area (TPSA) is 49.4 Å². The van der Waals surface area contributed by atoms with E-state index in [1.165, 1.54) is 6.92 Å². The van der Waals surface area contributed by atoms with E-state index in [0.29, 0.717) is 18.1 Å². The normalized spacial score (nSPS) is 11.5. The predicted octanol–water partition coefficient (Wildman–Crippen LogP) is 4.75. The molecule has 0 aromatic heterocycles.